The average Bonchev–Trinajstić information content (AvgIpc) is 2.26. The van der Waals surface area contributed by atoms with Crippen LogP contribution in [-0.4, -0.2) is 19.1 Å². The van der Waals surface area contributed by atoms with Crippen molar-refractivity contribution in [2.75, 3.05) is 7.11 Å². The molecule has 0 saturated carbocycles. The minimum absolute atomic E-state index is 0. The SMILES string of the molecule is COC(=O)C(N)CCc1ccccc1.Cl. The number of nitrogens with two attached hydrogens (primary N) is 1. The molecule has 1 aromatic carbocycles. The lowest BCUT2D eigenvalue weighted by atomic mass is 10.1. The maximum atomic E-state index is 11.0. The molecule has 0 radical (unpaired) electrons. The highest BCUT2D eigenvalue weighted by atomic mass is 35.5. The predicted molar refractivity (Wildman–Crippen MR) is 62.0 cm³/mol. The first-order valence-corrected chi connectivity index (χ1v) is 4.61. The second kappa shape index (κ2) is 7.26. The number of hydrogen-bond donors (Lipinski definition) is 1. The molecule has 1 rings (SSSR count). The number of ether oxygens (including phenoxy) is 1. The van der Waals surface area contributed by atoms with Crippen LogP contribution in [0.3, 0.4) is 0 Å². The Morgan fingerprint density at radius 1 is 1.40 bits per heavy atom. The van der Waals surface area contributed by atoms with E-state index >= 15 is 0 Å². The second-order valence-electron chi connectivity index (χ2n) is 3.15. The summed E-state index contributed by atoms with van der Waals surface area (Å²) < 4.78 is 4.54. The van der Waals surface area contributed by atoms with Gasteiger partial charge in [0.25, 0.3) is 0 Å². The van der Waals surface area contributed by atoms with Crippen molar-refractivity contribution in [2.45, 2.75) is 18.9 Å². The molecule has 0 amide bonds. The predicted octanol–water partition coefficient (Wildman–Crippen LogP) is 1.54. The van der Waals surface area contributed by atoms with Gasteiger partial charge in [-0.3, -0.25) is 4.79 Å². The van der Waals surface area contributed by atoms with Gasteiger partial charge >= 0.3 is 5.97 Å². The maximum absolute atomic E-state index is 11.0. The molecule has 1 aromatic rings. The number of rotatable bonds is 4. The van der Waals surface area contributed by atoms with Crippen LogP contribution in [0.25, 0.3) is 0 Å². The fourth-order valence-corrected chi connectivity index (χ4v) is 1.24. The fraction of sp³-hybridized carbons (Fsp3) is 0.364. The first-order chi connectivity index (χ1) is 6.74. The van der Waals surface area contributed by atoms with Crippen molar-refractivity contribution >= 4 is 18.4 Å². The Bertz CT molecular complexity index is 290. The Morgan fingerprint density at radius 2 is 2.00 bits per heavy atom. The molecule has 2 N–H and O–H groups in total. The highest BCUT2D eigenvalue weighted by Crippen LogP contribution is 2.04. The summed E-state index contributed by atoms with van der Waals surface area (Å²) in [5.74, 6) is -0.346. The van der Waals surface area contributed by atoms with Crippen molar-refractivity contribution in [1.29, 1.82) is 0 Å². The van der Waals surface area contributed by atoms with Gasteiger partial charge < -0.3 is 10.5 Å². The van der Waals surface area contributed by atoms with Crippen LogP contribution in [0.4, 0.5) is 0 Å². The van der Waals surface area contributed by atoms with Gasteiger partial charge in [0.1, 0.15) is 6.04 Å². The number of aryl methyl sites for hydroxylation is 1. The van der Waals surface area contributed by atoms with E-state index in [-0.39, 0.29) is 18.4 Å². The van der Waals surface area contributed by atoms with Crippen LogP contribution in [0.5, 0.6) is 0 Å². The molecule has 0 spiro atoms. The molecule has 1 unspecified atom stereocenters. The zero-order valence-corrected chi connectivity index (χ0v) is 9.50. The summed E-state index contributed by atoms with van der Waals surface area (Å²) in [4.78, 5) is 11.0. The van der Waals surface area contributed by atoms with Gasteiger partial charge in [-0.05, 0) is 18.4 Å². The molecule has 0 aliphatic heterocycles. The molecule has 4 heteroatoms. The number of methoxy groups -OCH3 is 1. The minimum atomic E-state index is -0.514. The third kappa shape index (κ3) is 4.81. The Labute approximate surface area is 96.0 Å². The Kier molecular flexibility index (Phi) is 6.75. The molecule has 0 fully saturated rings. The topological polar surface area (TPSA) is 52.3 Å². The highest BCUT2D eigenvalue weighted by Gasteiger charge is 2.12. The highest BCUT2D eigenvalue weighted by molar-refractivity contribution is 5.85. The van der Waals surface area contributed by atoms with Crippen molar-refractivity contribution < 1.29 is 9.53 Å². The quantitative estimate of drug-likeness (QED) is 0.797. The number of esters is 1. The van der Waals surface area contributed by atoms with Gasteiger partial charge in [-0.25, -0.2) is 0 Å². The third-order valence-corrected chi connectivity index (χ3v) is 2.09. The number of halogens is 1. The second-order valence-corrected chi connectivity index (χ2v) is 3.15. The van der Waals surface area contributed by atoms with E-state index in [4.69, 9.17) is 5.73 Å². The molecule has 0 heterocycles. The zero-order valence-electron chi connectivity index (χ0n) is 8.68. The summed E-state index contributed by atoms with van der Waals surface area (Å²) >= 11 is 0. The van der Waals surface area contributed by atoms with E-state index in [0.29, 0.717) is 6.42 Å². The van der Waals surface area contributed by atoms with Crippen molar-refractivity contribution in [3.63, 3.8) is 0 Å². The number of hydrogen-bond acceptors (Lipinski definition) is 3. The molecule has 0 aliphatic rings. The number of carbonyl (C=O) groups excluding carboxylic acids is 1. The summed E-state index contributed by atoms with van der Waals surface area (Å²) in [5.41, 5.74) is 6.79. The number of carbonyl (C=O) groups is 1. The smallest absolute Gasteiger partial charge is 0.322 e. The van der Waals surface area contributed by atoms with E-state index in [1.165, 1.54) is 12.7 Å². The van der Waals surface area contributed by atoms with E-state index in [0.717, 1.165) is 6.42 Å². The Hall–Kier alpha value is -1.06. The Morgan fingerprint density at radius 3 is 2.53 bits per heavy atom. The minimum Gasteiger partial charge on any atom is -0.468 e. The van der Waals surface area contributed by atoms with Gasteiger partial charge in [-0.1, -0.05) is 30.3 Å². The summed E-state index contributed by atoms with van der Waals surface area (Å²) in [7, 11) is 1.35. The standard InChI is InChI=1S/C11H15NO2.ClH/c1-14-11(13)10(12)8-7-9-5-3-2-4-6-9;/h2-6,10H,7-8,12H2,1H3;1H. The van der Waals surface area contributed by atoms with E-state index in [2.05, 4.69) is 4.74 Å². The first kappa shape index (κ1) is 13.9. The molecular formula is C11H16ClNO2. The van der Waals surface area contributed by atoms with Crippen LogP contribution >= 0.6 is 12.4 Å². The molecule has 0 bridgehead atoms. The van der Waals surface area contributed by atoms with E-state index in [1.807, 2.05) is 30.3 Å². The van der Waals surface area contributed by atoms with Crippen molar-refractivity contribution in [3.8, 4) is 0 Å². The summed E-state index contributed by atoms with van der Waals surface area (Å²) in [6.07, 6.45) is 1.42. The molecule has 1 atom stereocenters. The van der Waals surface area contributed by atoms with E-state index in [1.54, 1.807) is 0 Å². The molecule has 0 saturated heterocycles. The van der Waals surface area contributed by atoms with Crippen LogP contribution in [-0.2, 0) is 16.0 Å². The van der Waals surface area contributed by atoms with Crippen LogP contribution in [0.2, 0.25) is 0 Å². The summed E-state index contributed by atoms with van der Waals surface area (Å²) in [6, 6.07) is 9.43. The number of benzene rings is 1. The van der Waals surface area contributed by atoms with Gasteiger partial charge in [0.15, 0.2) is 0 Å². The van der Waals surface area contributed by atoms with Gasteiger partial charge in [0.2, 0.25) is 0 Å². The van der Waals surface area contributed by atoms with Crippen LogP contribution in [0.1, 0.15) is 12.0 Å². The summed E-state index contributed by atoms with van der Waals surface area (Å²) in [6.45, 7) is 0. The zero-order chi connectivity index (χ0) is 10.4. The van der Waals surface area contributed by atoms with Crippen molar-refractivity contribution in [1.82, 2.24) is 0 Å². The maximum Gasteiger partial charge on any atom is 0.322 e. The molecule has 15 heavy (non-hydrogen) atoms. The molecule has 84 valence electrons. The van der Waals surface area contributed by atoms with Gasteiger partial charge in [-0.2, -0.15) is 0 Å². The van der Waals surface area contributed by atoms with E-state index in [9.17, 15) is 4.79 Å². The lowest BCUT2D eigenvalue weighted by molar-refractivity contribution is -0.142. The van der Waals surface area contributed by atoms with Crippen LogP contribution in [0.15, 0.2) is 30.3 Å². The lowest BCUT2D eigenvalue weighted by Crippen LogP contribution is -2.31. The Balaban J connectivity index is 0.00000196. The van der Waals surface area contributed by atoms with Crippen molar-refractivity contribution in [2.24, 2.45) is 5.73 Å². The third-order valence-electron chi connectivity index (χ3n) is 2.09. The first-order valence-electron chi connectivity index (χ1n) is 4.61. The van der Waals surface area contributed by atoms with Crippen molar-refractivity contribution in [3.05, 3.63) is 35.9 Å². The van der Waals surface area contributed by atoms with Gasteiger partial charge in [0, 0.05) is 0 Å². The lowest BCUT2D eigenvalue weighted by Gasteiger charge is -2.08. The molecule has 3 nitrogen and oxygen atoms in total. The average molecular weight is 230 g/mol. The fourth-order valence-electron chi connectivity index (χ4n) is 1.24. The summed E-state index contributed by atoms with van der Waals surface area (Å²) in [5, 5.41) is 0. The normalized spacial score (nSPS) is 11.3. The van der Waals surface area contributed by atoms with E-state index < -0.39 is 6.04 Å². The molecular weight excluding hydrogens is 214 g/mol. The van der Waals surface area contributed by atoms with Gasteiger partial charge in [0.05, 0.1) is 7.11 Å². The molecule has 0 aliphatic carbocycles. The van der Waals surface area contributed by atoms with Crippen LogP contribution in [0, 0.1) is 0 Å². The molecule has 0 aromatic heterocycles. The largest absolute Gasteiger partial charge is 0.468 e. The van der Waals surface area contributed by atoms with Crippen LogP contribution < -0.4 is 5.73 Å². The monoisotopic (exact) mass is 229 g/mol. The van der Waals surface area contributed by atoms with Gasteiger partial charge in [-0.15, -0.1) is 12.4 Å².